The molecule has 0 unspecified atom stereocenters. The van der Waals surface area contributed by atoms with Crippen molar-refractivity contribution in [2.75, 3.05) is 0 Å². The van der Waals surface area contributed by atoms with E-state index in [1.165, 1.54) is 6.26 Å². The van der Waals surface area contributed by atoms with E-state index < -0.39 is 6.23 Å². The van der Waals surface area contributed by atoms with E-state index in [0.29, 0.717) is 6.42 Å². The van der Waals surface area contributed by atoms with Crippen molar-refractivity contribution in [1.29, 1.82) is 0 Å². The average molecular weight is 219 g/mol. The van der Waals surface area contributed by atoms with Gasteiger partial charge in [-0.3, -0.25) is 10.1 Å². The zero-order valence-corrected chi connectivity index (χ0v) is 9.00. The first-order chi connectivity index (χ1) is 7.68. The summed E-state index contributed by atoms with van der Waals surface area (Å²) in [6.07, 6.45) is 2.91. The summed E-state index contributed by atoms with van der Waals surface area (Å²) in [6.45, 7) is 2.01. The lowest BCUT2D eigenvalue weighted by atomic mass is 9.96. The second-order valence-corrected chi connectivity index (χ2v) is 3.93. The van der Waals surface area contributed by atoms with Gasteiger partial charge >= 0.3 is 6.23 Å². The van der Waals surface area contributed by atoms with Gasteiger partial charge < -0.3 is 4.74 Å². The van der Waals surface area contributed by atoms with Crippen molar-refractivity contribution < 1.29 is 9.66 Å². The highest BCUT2D eigenvalue weighted by atomic mass is 16.7. The Morgan fingerprint density at radius 2 is 2.19 bits per heavy atom. The summed E-state index contributed by atoms with van der Waals surface area (Å²) in [7, 11) is 0. The Labute approximate surface area is 93.7 Å². The van der Waals surface area contributed by atoms with Gasteiger partial charge in [-0.25, -0.2) is 0 Å². The minimum absolute atomic E-state index is 0.170. The summed E-state index contributed by atoms with van der Waals surface area (Å²) in [5, 5.41) is 10.7. The zero-order chi connectivity index (χ0) is 11.5. The molecule has 0 saturated carbocycles. The molecule has 0 amide bonds. The van der Waals surface area contributed by atoms with Gasteiger partial charge in [0.25, 0.3) is 0 Å². The van der Waals surface area contributed by atoms with Crippen LogP contribution in [0.25, 0.3) is 0 Å². The minimum Gasteiger partial charge on any atom is -0.438 e. The second-order valence-electron chi connectivity index (χ2n) is 3.93. The molecule has 1 heterocycles. The van der Waals surface area contributed by atoms with Gasteiger partial charge in [-0.15, -0.1) is 0 Å². The molecule has 2 atom stereocenters. The smallest absolute Gasteiger partial charge is 0.359 e. The third-order valence-electron chi connectivity index (χ3n) is 2.83. The molecular formula is C12H13NO3. The van der Waals surface area contributed by atoms with Crippen LogP contribution < -0.4 is 0 Å². The monoisotopic (exact) mass is 219 g/mol. The quantitative estimate of drug-likeness (QED) is 0.579. The number of ether oxygens (including phenoxy) is 1. The normalized spacial score (nSPS) is 23.1. The number of aryl methyl sites for hydroxylation is 1. The molecule has 1 aliphatic rings. The fourth-order valence-electron chi connectivity index (χ4n) is 1.89. The van der Waals surface area contributed by atoms with E-state index in [2.05, 4.69) is 0 Å². The topological polar surface area (TPSA) is 52.4 Å². The van der Waals surface area contributed by atoms with Crippen LogP contribution in [0.5, 0.6) is 0 Å². The molecule has 1 aromatic carbocycles. The summed E-state index contributed by atoms with van der Waals surface area (Å²) in [5.41, 5.74) is 2.29. The van der Waals surface area contributed by atoms with E-state index in [1.54, 1.807) is 6.08 Å². The van der Waals surface area contributed by atoms with Gasteiger partial charge in [0, 0.05) is 0 Å². The maximum Gasteiger partial charge on any atom is 0.359 e. The van der Waals surface area contributed by atoms with Crippen molar-refractivity contribution in [3.8, 4) is 0 Å². The Morgan fingerprint density at radius 1 is 1.44 bits per heavy atom. The van der Waals surface area contributed by atoms with Crippen LogP contribution in [0.2, 0.25) is 0 Å². The number of nitrogens with zero attached hydrogens (tertiary/aromatic N) is 1. The highest BCUT2D eigenvalue weighted by Gasteiger charge is 2.34. The summed E-state index contributed by atoms with van der Waals surface area (Å²) in [5.74, 6) is -0.170. The van der Waals surface area contributed by atoms with Crippen molar-refractivity contribution >= 4 is 0 Å². The van der Waals surface area contributed by atoms with E-state index in [9.17, 15) is 10.1 Å². The zero-order valence-electron chi connectivity index (χ0n) is 9.00. The Balaban J connectivity index is 2.13. The number of hydrogen-bond donors (Lipinski definition) is 0. The van der Waals surface area contributed by atoms with Crippen molar-refractivity contribution in [2.24, 2.45) is 5.92 Å². The molecule has 0 N–H and O–H groups in total. The molecule has 2 rings (SSSR count). The lowest BCUT2D eigenvalue weighted by Gasteiger charge is -2.12. The van der Waals surface area contributed by atoms with Gasteiger partial charge in [0.15, 0.2) is 0 Å². The van der Waals surface area contributed by atoms with Gasteiger partial charge in [-0.2, -0.15) is 0 Å². The summed E-state index contributed by atoms with van der Waals surface area (Å²) in [4.78, 5) is 10.4. The van der Waals surface area contributed by atoms with Gasteiger partial charge in [0.05, 0.1) is 17.1 Å². The molecule has 84 valence electrons. The molecule has 0 bridgehead atoms. The number of nitro groups is 1. The number of benzene rings is 1. The Morgan fingerprint density at radius 3 is 2.88 bits per heavy atom. The minimum atomic E-state index is -0.931. The molecule has 0 fully saturated rings. The van der Waals surface area contributed by atoms with Crippen molar-refractivity contribution in [3.63, 3.8) is 0 Å². The van der Waals surface area contributed by atoms with Crippen LogP contribution in [0, 0.1) is 23.0 Å². The van der Waals surface area contributed by atoms with E-state index in [0.717, 1.165) is 11.1 Å². The molecule has 1 aromatic rings. The standard InChI is InChI=1S/C12H13NO3/c1-9-4-2-3-5-10(9)8-11-6-7-16-12(11)13(14)15/h2-7,11-12H,8H2,1H3/t11-,12+/m0/s1. The van der Waals surface area contributed by atoms with E-state index in [1.807, 2.05) is 31.2 Å². The average Bonchev–Trinajstić information content (AvgIpc) is 2.69. The van der Waals surface area contributed by atoms with Crippen molar-refractivity contribution in [1.82, 2.24) is 0 Å². The molecule has 4 nitrogen and oxygen atoms in total. The molecular weight excluding hydrogens is 206 g/mol. The predicted molar refractivity (Wildman–Crippen MR) is 59.4 cm³/mol. The summed E-state index contributed by atoms with van der Waals surface area (Å²) in [6, 6.07) is 7.92. The largest absolute Gasteiger partial charge is 0.438 e. The second kappa shape index (κ2) is 4.35. The van der Waals surface area contributed by atoms with Crippen LogP contribution >= 0.6 is 0 Å². The van der Waals surface area contributed by atoms with Crippen molar-refractivity contribution in [2.45, 2.75) is 19.6 Å². The Hall–Kier alpha value is -1.84. The lowest BCUT2D eigenvalue weighted by Crippen LogP contribution is -2.27. The maximum absolute atomic E-state index is 10.7. The summed E-state index contributed by atoms with van der Waals surface area (Å²) >= 11 is 0. The first-order valence-electron chi connectivity index (χ1n) is 5.18. The van der Waals surface area contributed by atoms with Gasteiger partial charge in [-0.05, 0) is 30.5 Å². The first kappa shape index (κ1) is 10.7. The Kier molecular flexibility index (Phi) is 2.90. The molecule has 0 aromatic heterocycles. The van der Waals surface area contributed by atoms with E-state index in [4.69, 9.17) is 4.74 Å². The van der Waals surface area contributed by atoms with Crippen LogP contribution in [-0.2, 0) is 11.2 Å². The number of hydrogen-bond acceptors (Lipinski definition) is 3. The highest BCUT2D eigenvalue weighted by molar-refractivity contribution is 5.26. The molecule has 0 saturated heterocycles. The molecule has 1 aliphatic heterocycles. The van der Waals surface area contributed by atoms with Crippen LogP contribution in [0.15, 0.2) is 36.6 Å². The molecule has 0 spiro atoms. The van der Waals surface area contributed by atoms with E-state index >= 15 is 0 Å². The van der Waals surface area contributed by atoms with Crippen molar-refractivity contribution in [3.05, 3.63) is 57.8 Å². The SMILES string of the molecule is Cc1ccccc1C[C@@H]1C=CO[C@H]1[N+](=O)[O-]. The molecule has 0 aliphatic carbocycles. The number of rotatable bonds is 3. The fourth-order valence-corrected chi connectivity index (χ4v) is 1.89. The third kappa shape index (κ3) is 2.05. The predicted octanol–water partition coefficient (Wildman–Crippen LogP) is 2.30. The van der Waals surface area contributed by atoms with Crippen LogP contribution in [0.3, 0.4) is 0 Å². The third-order valence-corrected chi connectivity index (χ3v) is 2.83. The molecule has 0 radical (unpaired) electrons. The summed E-state index contributed by atoms with van der Waals surface area (Å²) < 4.78 is 4.96. The molecule has 16 heavy (non-hydrogen) atoms. The lowest BCUT2D eigenvalue weighted by molar-refractivity contribution is -0.573. The van der Waals surface area contributed by atoms with Gasteiger partial charge in [0.2, 0.25) is 0 Å². The van der Waals surface area contributed by atoms with Crippen LogP contribution in [0.1, 0.15) is 11.1 Å². The van der Waals surface area contributed by atoms with Crippen LogP contribution in [-0.4, -0.2) is 11.2 Å². The highest BCUT2D eigenvalue weighted by Crippen LogP contribution is 2.23. The van der Waals surface area contributed by atoms with Crippen LogP contribution in [0.4, 0.5) is 0 Å². The van der Waals surface area contributed by atoms with Gasteiger partial charge in [0.1, 0.15) is 0 Å². The Bertz CT molecular complexity index is 428. The van der Waals surface area contributed by atoms with Gasteiger partial charge in [-0.1, -0.05) is 24.3 Å². The maximum atomic E-state index is 10.7. The first-order valence-corrected chi connectivity index (χ1v) is 5.18. The fraction of sp³-hybridized carbons (Fsp3) is 0.333. The van der Waals surface area contributed by atoms with E-state index in [-0.39, 0.29) is 10.8 Å². The molecule has 4 heteroatoms.